The van der Waals surface area contributed by atoms with Crippen molar-refractivity contribution in [2.75, 3.05) is 6.61 Å². The Hall–Kier alpha value is -1.06. The number of rotatable bonds is 4. The predicted octanol–water partition coefficient (Wildman–Crippen LogP) is 2.86. The second-order valence-corrected chi connectivity index (χ2v) is 6.23. The highest BCUT2D eigenvalue weighted by atomic mass is 16.6. The first-order valence-electron chi connectivity index (χ1n) is 6.72. The molecule has 1 fully saturated rings. The molecule has 1 N–H and O–H groups in total. The van der Waals surface area contributed by atoms with Crippen molar-refractivity contribution < 1.29 is 19.4 Å². The van der Waals surface area contributed by atoms with E-state index in [0.29, 0.717) is 17.3 Å². The zero-order valence-electron chi connectivity index (χ0n) is 11.6. The molecule has 1 saturated carbocycles. The van der Waals surface area contributed by atoms with Gasteiger partial charge in [0.05, 0.1) is 6.61 Å². The van der Waals surface area contributed by atoms with Crippen molar-refractivity contribution in [2.45, 2.75) is 52.9 Å². The lowest BCUT2D eigenvalue weighted by Crippen LogP contribution is -2.27. The van der Waals surface area contributed by atoms with Crippen LogP contribution in [0.25, 0.3) is 0 Å². The van der Waals surface area contributed by atoms with E-state index >= 15 is 0 Å². The van der Waals surface area contributed by atoms with Gasteiger partial charge < -0.3 is 9.84 Å². The van der Waals surface area contributed by atoms with E-state index in [1.165, 1.54) is 25.7 Å². The topological polar surface area (TPSA) is 63.6 Å². The van der Waals surface area contributed by atoms with Crippen LogP contribution in [0.5, 0.6) is 0 Å². The summed E-state index contributed by atoms with van der Waals surface area (Å²) in [6.45, 7) is 6.98. The maximum Gasteiger partial charge on any atom is 0.417 e. The molecular formula is C14H24O4. The van der Waals surface area contributed by atoms with Crippen LogP contribution in [-0.4, -0.2) is 23.7 Å². The fourth-order valence-corrected chi connectivity index (χ4v) is 2.88. The zero-order valence-corrected chi connectivity index (χ0v) is 11.6. The Kier molecular flexibility index (Phi) is 5.17. The fraction of sp³-hybridized carbons (Fsp3) is 0.857. The summed E-state index contributed by atoms with van der Waals surface area (Å²) in [4.78, 5) is 21.1. The average molecular weight is 256 g/mol. The van der Waals surface area contributed by atoms with Crippen molar-refractivity contribution in [1.82, 2.24) is 0 Å². The number of esters is 1. The van der Waals surface area contributed by atoms with Crippen molar-refractivity contribution in [1.29, 1.82) is 0 Å². The van der Waals surface area contributed by atoms with Gasteiger partial charge >= 0.3 is 11.9 Å². The molecule has 4 heteroatoms. The molecule has 0 amide bonds. The van der Waals surface area contributed by atoms with E-state index in [0.717, 1.165) is 6.42 Å². The lowest BCUT2D eigenvalue weighted by molar-refractivity contribution is -0.164. The minimum Gasteiger partial charge on any atom is -0.473 e. The molecule has 1 aliphatic rings. The Morgan fingerprint density at radius 2 is 2.11 bits per heavy atom. The maximum absolute atomic E-state index is 10.8. The minimum absolute atomic E-state index is 0.212. The van der Waals surface area contributed by atoms with Crippen LogP contribution >= 0.6 is 0 Å². The summed E-state index contributed by atoms with van der Waals surface area (Å²) >= 11 is 0. The van der Waals surface area contributed by atoms with Crippen molar-refractivity contribution in [3.8, 4) is 0 Å². The number of aliphatic carboxylic acids is 1. The number of carboxylic acid groups (broad SMARTS) is 1. The van der Waals surface area contributed by atoms with E-state index in [2.05, 4.69) is 25.5 Å². The highest BCUT2D eigenvalue weighted by molar-refractivity contribution is 6.28. The summed E-state index contributed by atoms with van der Waals surface area (Å²) in [6.07, 6.45) is 5.74. The van der Waals surface area contributed by atoms with Gasteiger partial charge in [0.25, 0.3) is 0 Å². The Morgan fingerprint density at radius 3 is 2.67 bits per heavy atom. The van der Waals surface area contributed by atoms with Crippen LogP contribution in [0.1, 0.15) is 52.9 Å². The maximum atomic E-state index is 10.8. The summed E-state index contributed by atoms with van der Waals surface area (Å²) in [5, 5.41) is 8.39. The molecule has 0 saturated heterocycles. The van der Waals surface area contributed by atoms with Crippen LogP contribution in [0.15, 0.2) is 0 Å². The van der Waals surface area contributed by atoms with Crippen molar-refractivity contribution >= 4 is 11.9 Å². The highest BCUT2D eigenvalue weighted by Gasteiger charge is 2.30. The van der Waals surface area contributed by atoms with E-state index < -0.39 is 11.9 Å². The summed E-state index contributed by atoms with van der Waals surface area (Å²) in [5.74, 6) is -1.52. The second kappa shape index (κ2) is 6.21. The van der Waals surface area contributed by atoms with Crippen molar-refractivity contribution in [2.24, 2.45) is 17.3 Å². The van der Waals surface area contributed by atoms with Crippen LogP contribution in [-0.2, 0) is 14.3 Å². The Labute approximate surface area is 109 Å². The Morgan fingerprint density at radius 1 is 1.44 bits per heavy atom. The molecule has 2 atom stereocenters. The van der Waals surface area contributed by atoms with Gasteiger partial charge in [-0.15, -0.1) is 0 Å². The molecule has 1 aliphatic carbocycles. The summed E-state index contributed by atoms with van der Waals surface area (Å²) in [6, 6.07) is 0. The summed E-state index contributed by atoms with van der Waals surface area (Å²) in [7, 11) is 0. The SMILES string of the molecule is CC(CCOC(=O)C(=O)O)C1CCCC(C)(C)C1. The van der Waals surface area contributed by atoms with Gasteiger partial charge in [0, 0.05) is 0 Å². The zero-order chi connectivity index (χ0) is 13.8. The van der Waals surface area contributed by atoms with Crippen LogP contribution in [0.4, 0.5) is 0 Å². The van der Waals surface area contributed by atoms with Gasteiger partial charge in [-0.25, -0.2) is 9.59 Å². The quantitative estimate of drug-likeness (QED) is 0.620. The summed E-state index contributed by atoms with van der Waals surface area (Å²) < 4.78 is 4.68. The number of carbonyl (C=O) groups excluding carboxylic acids is 1. The molecule has 0 aromatic rings. The number of carboxylic acids is 1. The molecule has 1 rings (SSSR count). The number of ether oxygens (including phenoxy) is 1. The molecule has 0 bridgehead atoms. The van der Waals surface area contributed by atoms with Gasteiger partial charge in [0.2, 0.25) is 0 Å². The third kappa shape index (κ3) is 4.67. The van der Waals surface area contributed by atoms with Crippen LogP contribution in [0.2, 0.25) is 0 Å². The van der Waals surface area contributed by atoms with Gasteiger partial charge in [0.15, 0.2) is 0 Å². The molecular weight excluding hydrogens is 232 g/mol. The number of hydrogen-bond acceptors (Lipinski definition) is 3. The Bertz CT molecular complexity index is 309. The Balaban J connectivity index is 2.30. The van der Waals surface area contributed by atoms with E-state index in [1.807, 2.05) is 0 Å². The monoisotopic (exact) mass is 256 g/mol. The number of carbonyl (C=O) groups is 2. The molecule has 0 aromatic heterocycles. The second-order valence-electron chi connectivity index (χ2n) is 6.23. The molecule has 4 nitrogen and oxygen atoms in total. The largest absolute Gasteiger partial charge is 0.473 e. The minimum atomic E-state index is -1.51. The first kappa shape index (κ1) is 15.0. The van der Waals surface area contributed by atoms with E-state index in [9.17, 15) is 9.59 Å². The highest BCUT2D eigenvalue weighted by Crippen LogP contribution is 2.42. The van der Waals surface area contributed by atoms with Gasteiger partial charge in [0.1, 0.15) is 0 Å². The molecule has 104 valence electrons. The third-order valence-corrected chi connectivity index (χ3v) is 4.03. The average Bonchev–Trinajstić information content (AvgIpc) is 2.27. The normalized spacial score (nSPS) is 24.3. The fourth-order valence-electron chi connectivity index (χ4n) is 2.88. The van der Waals surface area contributed by atoms with Crippen molar-refractivity contribution in [3.05, 3.63) is 0 Å². The standard InChI is InChI=1S/C14H24O4/c1-10(6-8-18-13(17)12(15)16)11-5-4-7-14(2,3)9-11/h10-11H,4-9H2,1-3H3,(H,15,16). The molecule has 0 heterocycles. The van der Waals surface area contributed by atoms with Crippen LogP contribution in [0, 0.1) is 17.3 Å². The number of hydrogen-bond donors (Lipinski definition) is 1. The molecule has 0 spiro atoms. The van der Waals surface area contributed by atoms with E-state index in [-0.39, 0.29) is 6.61 Å². The smallest absolute Gasteiger partial charge is 0.417 e. The molecule has 0 aromatic carbocycles. The molecule has 2 unspecified atom stereocenters. The first-order chi connectivity index (χ1) is 8.32. The van der Waals surface area contributed by atoms with Gasteiger partial charge in [-0.1, -0.05) is 33.6 Å². The predicted molar refractivity (Wildman–Crippen MR) is 68.1 cm³/mol. The summed E-state index contributed by atoms with van der Waals surface area (Å²) in [5.41, 5.74) is 0.412. The lowest BCUT2D eigenvalue weighted by Gasteiger charge is -2.38. The van der Waals surface area contributed by atoms with Gasteiger partial charge in [-0.05, 0) is 36.5 Å². The first-order valence-corrected chi connectivity index (χ1v) is 6.72. The molecule has 0 aliphatic heterocycles. The van der Waals surface area contributed by atoms with Gasteiger partial charge in [-0.3, -0.25) is 0 Å². The third-order valence-electron chi connectivity index (χ3n) is 4.03. The molecule has 0 radical (unpaired) electrons. The van der Waals surface area contributed by atoms with Crippen molar-refractivity contribution in [3.63, 3.8) is 0 Å². The lowest BCUT2D eigenvalue weighted by atomic mass is 9.68. The van der Waals surface area contributed by atoms with E-state index in [1.54, 1.807) is 0 Å². The molecule has 18 heavy (non-hydrogen) atoms. The van der Waals surface area contributed by atoms with E-state index in [4.69, 9.17) is 5.11 Å². The van der Waals surface area contributed by atoms with Gasteiger partial charge in [-0.2, -0.15) is 0 Å². The van der Waals surface area contributed by atoms with Crippen LogP contribution < -0.4 is 0 Å². The van der Waals surface area contributed by atoms with Crippen LogP contribution in [0.3, 0.4) is 0 Å².